The highest BCUT2D eigenvalue weighted by atomic mass is 32.1. The van der Waals surface area contributed by atoms with E-state index in [1.54, 1.807) is 11.3 Å². The number of rotatable bonds is 4. The summed E-state index contributed by atoms with van der Waals surface area (Å²) in [4.78, 5) is 19.4. The Bertz CT molecular complexity index is 917. The molecule has 0 saturated carbocycles. The molecule has 2 heterocycles. The summed E-state index contributed by atoms with van der Waals surface area (Å²) < 4.78 is 6.93. The van der Waals surface area contributed by atoms with Gasteiger partial charge in [-0.05, 0) is 62.1 Å². The van der Waals surface area contributed by atoms with Crippen LogP contribution in [0.25, 0.3) is 10.2 Å². The maximum atomic E-state index is 12.7. The Labute approximate surface area is 157 Å². The molecule has 1 aromatic heterocycles. The van der Waals surface area contributed by atoms with E-state index in [0.717, 1.165) is 35.7 Å². The van der Waals surface area contributed by atoms with Gasteiger partial charge in [-0.2, -0.15) is 0 Å². The van der Waals surface area contributed by atoms with E-state index in [9.17, 15) is 4.79 Å². The second kappa shape index (κ2) is 7.08. The van der Waals surface area contributed by atoms with Crippen molar-refractivity contribution in [2.45, 2.75) is 32.7 Å². The first-order chi connectivity index (χ1) is 12.6. The number of ether oxygens (including phenoxy) is 1. The van der Waals surface area contributed by atoms with Gasteiger partial charge in [0.2, 0.25) is 0 Å². The number of amides is 1. The third-order valence-electron chi connectivity index (χ3n) is 5.01. The molecule has 1 aliphatic rings. The fraction of sp³-hybridized carbons (Fsp3) is 0.333. The average molecular weight is 366 g/mol. The van der Waals surface area contributed by atoms with E-state index in [1.165, 1.54) is 15.8 Å². The summed E-state index contributed by atoms with van der Waals surface area (Å²) in [6, 6.07) is 14.1. The lowest BCUT2D eigenvalue weighted by atomic mass is 10.1. The third kappa shape index (κ3) is 3.31. The number of carbonyl (C=O) groups is 1. The Morgan fingerprint density at radius 1 is 1.23 bits per heavy atom. The second-order valence-corrected chi connectivity index (χ2v) is 7.86. The number of para-hydroxylation sites is 1. The first-order valence-electron chi connectivity index (χ1n) is 8.97. The van der Waals surface area contributed by atoms with Crippen LogP contribution in [0.15, 0.2) is 42.5 Å². The van der Waals surface area contributed by atoms with Gasteiger partial charge in [0, 0.05) is 6.54 Å². The molecule has 5 heteroatoms. The van der Waals surface area contributed by atoms with Crippen molar-refractivity contribution in [1.82, 2.24) is 9.88 Å². The molecule has 2 aromatic carbocycles. The van der Waals surface area contributed by atoms with Crippen molar-refractivity contribution in [1.29, 1.82) is 0 Å². The number of aromatic nitrogens is 1. The van der Waals surface area contributed by atoms with Crippen LogP contribution in [0.5, 0.6) is 5.75 Å². The van der Waals surface area contributed by atoms with Gasteiger partial charge in [-0.25, -0.2) is 4.98 Å². The SMILES string of the molecule is Cc1ccc(OCC(=O)N2CCCC2c2nc3ccccc3s2)cc1C. The van der Waals surface area contributed by atoms with Crippen LogP contribution in [0.4, 0.5) is 0 Å². The maximum Gasteiger partial charge on any atom is 0.261 e. The van der Waals surface area contributed by atoms with Gasteiger partial charge in [0.25, 0.3) is 5.91 Å². The molecule has 1 amide bonds. The number of hydrogen-bond acceptors (Lipinski definition) is 4. The van der Waals surface area contributed by atoms with Crippen molar-refractivity contribution in [2.24, 2.45) is 0 Å². The highest BCUT2D eigenvalue weighted by Gasteiger charge is 2.32. The van der Waals surface area contributed by atoms with Crippen LogP contribution in [0.3, 0.4) is 0 Å². The molecule has 0 aliphatic carbocycles. The van der Waals surface area contributed by atoms with Gasteiger partial charge in [-0.3, -0.25) is 4.79 Å². The number of thiazole rings is 1. The zero-order valence-electron chi connectivity index (χ0n) is 15.1. The van der Waals surface area contributed by atoms with Gasteiger partial charge >= 0.3 is 0 Å². The molecule has 4 rings (SSSR count). The first kappa shape index (κ1) is 17.0. The molecular formula is C21H22N2O2S. The quantitative estimate of drug-likeness (QED) is 0.675. The predicted molar refractivity (Wildman–Crippen MR) is 105 cm³/mol. The van der Waals surface area contributed by atoms with Gasteiger partial charge in [-0.1, -0.05) is 18.2 Å². The molecule has 1 saturated heterocycles. The zero-order chi connectivity index (χ0) is 18.1. The van der Waals surface area contributed by atoms with Crippen molar-refractivity contribution in [3.05, 3.63) is 58.6 Å². The summed E-state index contributed by atoms with van der Waals surface area (Å²) in [6.07, 6.45) is 1.98. The minimum absolute atomic E-state index is 0.0324. The van der Waals surface area contributed by atoms with Crippen LogP contribution in [-0.2, 0) is 4.79 Å². The molecule has 1 unspecified atom stereocenters. The number of nitrogens with zero attached hydrogens (tertiary/aromatic N) is 2. The van der Waals surface area contributed by atoms with Gasteiger partial charge in [0.1, 0.15) is 10.8 Å². The summed E-state index contributed by atoms with van der Waals surface area (Å²) >= 11 is 1.69. The standard InChI is InChI=1S/C21H22N2O2S/c1-14-9-10-16(12-15(14)2)25-13-20(24)23-11-5-7-18(23)21-22-17-6-3-4-8-19(17)26-21/h3-4,6,8-10,12,18H,5,7,11,13H2,1-2H3. The normalized spacial score (nSPS) is 17.0. The molecule has 134 valence electrons. The number of hydrogen-bond donors (Lipinski definition) is 0. The Morgan fingerprint density at radius 3 is 2.88 bits per heavy atom. The van der Waals surface area contributed by atoms with E-state index in [-0.39, 0.29) is 18.6 Å². The lowest BCUT2D eigenvalue weighted by Gasteiger charge is -2.23. The van der Waals surface area contributed by atoms with Gasteiger partial charge in [-0.15, -0.1) is 11.3 Å². The van der Waals surface area contributed by atoms with Crippen molar-refractivity contribution < 1.29 is 9.53 Å². The van der Waals surface area contributed by atoms with E-state index < -0.39 is 0 Å². The molecule has 0 radical (unpaired) electrons. The van der Waals surface area contributed by atoms with Crippen LogP contribution in [0.1, 0.15) is 35.0 Å². The molecule has 26 heavy (non-hydrogen) atoms. The molecule has 1 aliphatic heterocycles. The third-order valence-corrected chi connectivity index (χ3v) is 6.15. The Morgan fingerprint density at radius 2 is 2.08 bits per heavy atom. The first-order valence-corrected chi connectivity index (χ1v) is 9.78. The fourth-order valence-corrected chi connectivity index (χ4v) is 4.50. The number of likely N-dealkylation sites (tertiary alicyclic amines) is 1. The topological polar surface area (TPSA) is 42.4 Å². The number of fused-ring (bicyclic) bond motifs is 1. The van der Waals surface area contributed by atoms with Crippen molar-refractivity contribution in [2.75, 3.05) is 13.2 Å². The summed E-state index contributed by atoms with van der Waals surface area (Å²) in [7, 11) is 0. The molecule has 1 fully saturated rings. The molecular weight excluding hydrogens is 344 g/mol. The largest absolute Gasteiger partial charge is 0.484 e. The van der Waals surface area contributed by atoms with E-state index in [1.807, 2.05) is 48.2 Å². The Balaban J connectivity index is 1.47. The van der Waals surface area contributed by atoms with Crippen LogP contribution >= 0.6 is 11.3 Å². The fourth-order valence-electron chi connectivity index (χ4n) is 3.39. The van der Waals surface area contributed by atoms with E-state index in [2.05, 4.69) is 13.0 Å². The van der Waals surface area contributed by atoms with E-state index in [0.29, 0.717) is 0 Å². The van der Waals surface area contributed by atoms with Gasteiger partial charge in [0.05, 0.1) is 16.3 Å². The van der Waals surface area contributed by atoms with Crippen LogP contribution in [-0.4, -0.2) is 28.9 Å². The minimum Gasteiger partial charge on any atom is -0.484 e. The lowest BCUT2D eigenvalue weighted by Crippen LogP contribution is -2.34. The van der Waals surface area contributed by atoms with Crippen molar-refractivity contribution in [3.8, 4) is 5.75 Å². The molecule has 0 bridgehead atoms. The zero-order valence-corrected chi connectivity index (χ0v) is 15.9. The van der Waals surface area contributed by atoms with Gasteiger partial charge in [0.15, 0.2) is 6.61 Å². The number of carbonyl (C=O) groups excluding carboxylic acids is 1. The average Bonchev–Trinajstić information content (AvgIpc) is 3.28. The van der Waals surface area contributed by atoms with Crippen LogP contribution in [0, 0.1) is 13.8 Å². The summed E-state index contributed by atoms with van der Waals surface area (Å²) in [6.45, 7) is 4.96. The monoisotopic (exact) mass is 366 g/mol. The number of benzene rings is 2. The van der Waals surface area contributed by atoms with E-state index >= 15 is 0 Å². The van der Waals surface area contributed by atoms with E-state index in [4.69, 9.17) is 9.72 Å². The molecule has 0 N–H and O–H groups in total. The lowest BCUT2D eigenvalue weighted by molar-refractivity contribution is -0.134. The smallest absolute Gasteiger partial charge is 0.261 e. The van der Waals surface area contributed by atoms with Crippen molar-refractivity contribution >= 4 is 27.5 Å². The highest BCUT2D eigenvalue weighted by Crippen LogP contribution is 2.36. The predicted octanol–water partition coefficient (Wildman–Crippen LogP) is 4.66. The maximum absolute atomic E-state index is 12.7. The summed E-state index contributed by atoms with van der Waals surface area (Å²) in [5.74, 6) is 0.780. The van der Waals surface area contributed by atoms with Gasteiger partial charge < -0.3 is 9.64 Å². The molecule has 1 atom stereocenters. The van der Waals surface area contributed by atoms with Crippen LogP contribution in [0.2, 0.25) is 0 Å². The number of aryl methyl sites for hydroxylation is 2. The Kier molecular flexibility index (Phi) is 4.64. The van der Waals surface area contributed by atoms with Crippen molar-refractivity contribution in [3.63, 3.8) is 0 Å². The van der Waals surface area contributed by atoms with Crippen LogP contribution < -0.4 is 4.74 Å². The molecule has 4 nitrogen and oxygen atoms in total. The second-order valence-electron chi connectivity index (χ2n) is 6.80. The summed E-state index contributed by atoms with van der Waals surface area (Å²) in [5.41, 5.74) is 3.40. The minimum atomic E-state index is 0.0324. The molecule has 0 spiro atoms. The highest BCUT2D eigenvalue weighted by molar-refractivity contribution is 7.18. The summed E-state index contributed by atoms with van der Waals surface area (Å²) in [5, 5.41) is 1.03. The Hall–Kier alpha value is -2.40. The molecule has 3 aromatic rings.